The number of nitrogens with zero attached hydrogens (tertiary/aromatic N) is 1. The quantitative estimate of drug-likeness (QED) is 0.597. The SMILES string of the molecule is O=C(c1ccc(-c2ccc(F)cc2)o1)N1CCCC1c1ccc2c(c1)OCCCO2. The first-order valence-electron chi connectivity index (χ1n) is 10.3. The van der Waals surface area contributed by atoms with Crippen LogP contribution >= 0.6 is 0 Å². The highest BCUT2D eigenvalue weighted by molar-refractivity contribution is 5.92. The minimum absolute atomic E-state index is 0.0333. The molecule has 1 atom stereocenters. The third kappa shape index (κ3) is 3.54. The molecule has 5 nitrogen and oxygen atoms in total. The number of carbonyl (C=O) groups excluding carboxylic acids is 1. The molecule has 6 heteroatoms. The predicted molar refractivity (Wildman–Crippen MR) is 109 cm³/mol. The number of ether oxygens (including phenoxy) is 2. The molecule has 0 aliphatic carbocycles. The van der Waals surface area contributed by atoms with Gasteiger partial charge in [-0.05, 0) is 66.9 Å². The van der Waals surface area contributed by atoms with Crippen LogP contribution in [-0.2, 0) is 0 Å². The van der Waals surface area contributed by atoms with Crippen molar-refractivity contribution >= 4 is 5.91 Å². The number of halogens is 1. The summed E-state index contributed by atoms with van der Waals surface area (Å²) in [6.45, 7) is 1.95. The van der Waals surface area contributed by atoms with Crippen molar-refractivity contribution in [3.63, 3.8) is 0 Å². The van der Waals surface area contributed by atoms with Gasteiger partial charge in [0.15, 0.2) is 17.3 Å². The molecule has 1 aromatic heterocycles. The van der Waals surface area contributed by atoms with Crippen LogP contribution in [0.15, 0.2) is 59.0 Å². The summed E-state index contributed by atoms with van der Waals surface area (Å²) in [4.78, 5) is 15.0. The first-order valence-corrected chi connectivity index (χ1v) is 10.3. The lowest BCUT2D eigenvalue weighted by molar-refractivity contribution is 0.0704. The molecule has 1 saturated heterocycles. The van der Waals surface area contributed by atoms with Crippen LogP contribution in [0.5, 0.6) is 11.5 Å². The third-order valence-electron chi connectivity index (χ3n) is 5.62. The third-order valence-corrected chi connectivity index (χ3v) is 5.62. The van der Waals surface area contributed by atoms with Gasteiger partial charge in [-0.25, -0.2) is 4.39 Å². The van der Waals surface area contributed by atoms with Gasteiger partial charge >= 0.3 is 0 Å². The van der Waals surface area contributed by atoms with Crippen molar-refractivity contribution in [1.82, 2.24) is 4.90 Å². The summed E-state index contributed by atoms with van der Waals surface area (Å²) in [7, 11) is 0. The van der Waals surface area contributed by atoms with E-state index in [0.717, 1.165) is 41.9 Å². The van der Waals surface area contributed by atoms with Gasteiger partial charge in [-0.2, -0.15) is 0 Å². The molecule has 0 spiro atoms. The molecule has 0 bridgehead atoms. The van der Waals surface area contributed by atoms with Crippen molar-refractivity contribution in [2.24, 2.45) is 0 Å². The van der Waals surface area contributed by atoms with E-state index in [1.54, 1.807) is 24.3 Å². The van der Waals surface area contributed by atoms with Crippen LogP contribution in [0.1, 0.15) is 41.4 Å². The zero-order chi connectivity index (χ0) is 20.5. The second kappa shape index (κ2) is 7.86. The van der Waals surface area contributed by atoms with Crippen LogP contribution in [0.4, 0.5) is 4.39 Å². The summed E-state index contributed by atoms with van der Waals surface area (Å²) in [6.07, 6.45) is 2.67. The minimum Gasteiger partial charge on any atom is -0.490 e. The predicted octanol–water partition coefficient (Wildman–Crippen LogP) is 5.22. The van der Waals surface area contributed by atoms with Gasteiger partial charge in [0, 0.05) is 18.5 Å². The van der Waals surface area contributed by atoms with Gasteiger partial charge in [-0.15, -0.1) is 0 Å². The zero-order valence-corrected chi connectivity index (χ0v) is 16.5. The van der Waals surface area contributed by atoms with Crippen molar-refractivity contribution in [1.29, 1.82) is 0 Å². The molecule has 1 fully saturated rings. The Hall–Kier alpha value is -3.28. The zero-order valence-electron chi connectivity index (χ0n) is 16.5. The maximum atomic E-state index is 13.2. The van der Waals surface area contributed by atoms with E-state index in [-0.39, 0.29) is 23.5 Å². The number of hydrogen-bond acceptors (Lipinski definition) is 4. The van der Waals surface area contributed by atoms with Crippen molar-refractivity contribution in [2.75, 3.05) is 19.8 Å². The summed E-state index contributed by atoms with van der Waals surface area (Å²) in [6, 6.07) is 15.4. The Labute approximate surface area is 174 Å². The molecular weight excluding hydrogens is 385 g/mol. The Balaban J connectivity index is 1.38. The van der Waals surface area contributed by atoms with E-state index in [9.17, 15) is 9.18 Å². The number of fused-ring (bicyclic) bond motifs is 1. The minimum atomic E-state index is -0.309. The van der Waals surface area contributed by atoms with Crippen LogP contribution in [0.25, 0.3) is 11.3 Å². The summed E-state index contributed by atoms with van der Waals surface area (Å²) in [5, 5.41) is 0. The number of hydrogen-bond donors (Lipinski definition) is 0. The fraction of sp³-hybridized carbons (Fsp3) is 0.292. The number of benzene rings is 2. The normalized spacial score (nSPS) is 18.3. The number of furan rings is 1. The number of likely N-dealkylation sites (tertiary alicyclic amines) is 1. The van der Waals surface area contributed by atoms with Crippen LogP contribution < -0.4 is 9.47 Å². The Bertz CT molecular complexity index is 1060. The van der Waals surface area contributed by atoms with E-state index in [1.165, 1.54) is 12.1 Å². The Kier molecular flexibility index (Phi) is 4.91. The van der Waals surface area contributed by atoms with Gasteiger partial charge in [0.25, 0.3) is 5.91 Å². The molecule has 3 aromatic rings. The fourth-order valence-electron chi connectivity index (χ4n) is 4.11. The van der Waals surface area contributed by atoms with E-state index in [1.807, 2.05) is 23.1 Å². The Morgan fingerprint density at radius 1 is 0.933 bits per heavy atom. The van der Waals surface area contributed by atoms with Gasteiger partial charge in [0.1, 0.15) is 11.6 Å². The van der Waals surface area contributed by atoms with Crippen LogP contribution in [-0.4, -0.2) is 30.6 Å². The maximum Gasteiger partial charge on any atom is 0.290 e. The molecule has 2 aliphatic rings. The molecule has 0 radical (unpaired) electrons. The molecule has 154 valence electrons. The van der Waals surface area contributed by atoms with E-state index in [2.05, 4.69) is 0 Å². The molecule has 0 saturated carbocycles. The van der Waals surface area contributed by atoms with Crippen molar-refractivity contribution in [3.05, 3.63) is 71.7 Å². The molecule has 2 aliphatic heterocycles. The topological polar surface area (TPSA) is 51.9 Å². The van der Waals surface area contributed by atoms with E-state index in [0.29, 0.717) is 25.5 Å². The molecule has 1 unspecified atom stereocenters. The van der Waals surface area contributed by atoms with Gasteiger partial charge < -0.3 is 18.8 Å². The highest BCUT2D eigenvalue weighted by Crippen LogP contribution is 2.38. The van der Waals surface area contributed by atoms with E-state index in [4.69, 9.17) is 13.9 Å². The largest absolute Gasteiger partial charge is 0.490 e. The standard InChI is InChI=1S/C24H22FNO4/c25-18-7-4-16(5-8-18)20-10-11-22(30-20)24(27)26-12-1-3-19(26)17-6-9-21-23(15-17)29-14-2-13-28-21/h4-11,15,19H,1-3,12-14H2. The fourth-order valence-corrected chi connectivity index (χ4v) is 4.11. The highest BCUT2D eigenvalue weighted by Gasteiger charge is 2.33. The van der Waals surface area contributed by atoms with Gasteiger partial charge in [-0.1, -0.05) is 6.07 Å². The lowest BCUT2D eigenvalue weighted by Crippen LogP contribution is -2.30. The summed E-state index contributed by atoms with van der Waals surface area (Å²) in [5.74, 6) is 1.87. The second-order valence-electron chi connectivity index (χ2n) is 7.58. The van der Waals surface area contributed by atoms with Gasteiger partial charge in [-0.3, -0.25) is 4.79 Å². The first-order chi connectivity index (χ1) is 14.7. The molecule has 2 aromatic carbocycles. The summed E-state index contributed by atoms with van der Waals surface area (Å²) < 4.78 is 30.5. The molecule has 1 amide bonds. The number of carbonyl (C=O) groups is 1. The van der Waals surface area contributed by atoms with Crippen molar-refractivity contribution in [2.45, 2.75) is 25.3 Å². The van der Waals surface area contributed by atoms with Crippen LogP contribution in [0.2, 0.25) is 0 Å². The van der Waals surface area contributed by atoms with Gasteiger partial charge in [0.2, 0.25) is 0 Å². The molecular formula is C24H22FNO4. The summed E-state index contributed by atoms with van der Waals surface area (Å²) >= 11 is 0. The molecule has 0 N–H and O–H groups in total. The smallest absolute Gasteiger partial charge is 0.290 e. The average molecular weight is 407 g/mol. The Morgan fingerprint density at radius 2 is 1.73 bits per heavy atom. The van der Waals surface area contributed by atoms with Crippen LogP contribution in [0, 0.1) is 5.82 Å². The van der Waals surface area contributed by atoms with Crippen molar-refractivity contribution in [3.8, 4) is 22.8 Å². The molecule has 30 heavy (non-hydrogen) atoms. The second-order valence-corrected chi connectivity index (χ2v) is 7.58. The monoisotopic (exact) mass is 407 g/mol. The molecule has 3 heterocycles. The van der Waals surface area contributed by atoms with Gasteiger partial charge in [0.05, 0.1) is 19.3 Å². The summed E-state index contributed by atoms with van der Waals surface area (Å²) in [5.41, 5.74) is 1.77. The number of rotatable bonds is 3. The maximum absolute atomic E-state index is 13.2. The highest BCUT2D eigenvalue weighted by atomic mass is 19.1. The van der Waals surface area contributed by atoms with Crippen LogP contribution in [0.3, 0.4) is 0 Å². The lowest BCUT2D eigenvalue weighted by atomic mass is 10.0. The van der Waals surface area contributed by atoms with E-state index < -0.39 is 0 Å². The average Bonchev–Trinajstić information content (AvgIpc) is 3.39. The van der Waals surface area contributed by atoms with E-state index >= 15 is 0 Å². The number of amides is 1. The Morgan fingerprint density at radius 3 is 2.57 bits per heavy atom. The molecule has 5 rings (SSSR count). The lowest BCUT2D eigenvalue weighted by Gasteiger charge is -2.25. The van der Waals surface area contributed by atoms with Crippen molar-refractivity contribution < 1.29 is 23.1 Å². The first kappa shape index (κ1) is 18.7.